The molecule has 1 aromatic carbocycles. The third-order valence-electron chi connectivity index (χ3n) is 3.82. The van der Waals surface area contributed by atoms with E-state index >= 15 is 0 Å². The molecule has 2 rings (SSSR count). The molecule has 1 heterocycles. The molecular weight excluding hydrogens is 351 g/mol. The van der Waals surface area contributed by atoms with Gasteiger partial charge in [0.1, 0.15) is 5.75 Å². The van der Waals surface area contributed by atoms with Gasteiger partial charge in [-0.05, 0) is 37.6 Å². The van der Waals surface area contributed by atoms with E-state index in [1.807, 2.05) is 0 Å². The number of carboxylic acid groups (broad SMARTS) is 1. The van der Waals surface area contributed by atoms with Crippen molar-refractivity contribution in [2.75, 3.05) is 19.7 Å². The van der Waals surface area contributed by atoms with Crippen LogP contribution in [-0.2, 0) is 14.8 Å². The second-order valence-electron chi connectivity index (χ2n) is 5.83. The van der Waals surface area contributed by atoms with Crippen molar-refractivity contribution in [1.82, 2.24) is 4.31 Å². The average molecular weight is 367 g/mol. The minimum absolute atomic E-state index is 0.0669. The van der Waals surface area contributed by atoms with E-state index < -0.39 is 34.2 Å². The lowest BCUT2D eigenvalue weighted by atomic mass is 9.90. The molecule has 1 N–H and O–H groups in total. The molecule has 1 fully saturated rings. The molecule has 1 aliphatic rings. The molecule has 1 saturated heterocycles. The summed E-state index contributed by atoms with van der Waals surface area (Å²) in [5.41, 5.74) is -1.15. The number of hydrogen-bond acceptors (Lipinski definition) is 4. The van der Waals surface area contributed by atoms with Crippen molar-refractivity contribution in [3.63, 3.8) is 0 Å². The van der Waals surface area contributed by atoms with Crippen LogP contribution in [0.3, 0.4) is 0 Å². The molecule has 0 aromatic heterocycles. The highest BCUT2D eigenvalue weighted by atomic mass is 32.2. The van der Waals surface area contributed by atoms with Crippen LogP contribution in [0, 0.1) is 5.41 Å². The lowest BCUT2D eigenvalue weighted by molar-refractivity contribution is -0.153. The lowest BCUT2D eigenvalue weighted by Crippen LogP contribution is -2.34. The predicted molar refractivity (Wildman–Crippen MR) is 77.1 cm³/mol. The Morgan fingerprint density at radius 2 is 1.92 bits per heavy atom. The first kappa shape index (κ1) is 18.5. The monoisotopic (exact) mass is 367 g/mol. The van der Waals surface area contributed by atoms with E-state index in [1.165, 1.54) is 6.92 Å². The van der Waals surface area contributed by atoms with Gasteiger partial charge in [0, 0.05) is 13.1 Å². The third-order valence-corrected chi connectivity index (χ3v) is 5.68. The standard InChI is InChI=1S/C14H16F3NO5S/c1-13(12(19)20)6-7-18(8-13)24(21,22)11-4-2-10(3-5-11)23-9-14(15,16)17/h2-5H,6-9H2,1H3,(H,19,20). The number of hydrogen-bond donors (Lipinski definition) is 1. The molecule has 1 unspecified atom stereocenters. The SMILES string of the molecule is CC1(C(=O)O)CCN(S(=O)(=O)c2ccc(OCC(F)(F)F)cc2)C1. The summed E-state index contributed by atoms with van der Waals surface area (Å²) in [4.78, 5) is 11.1. The number of aliphatic carboxylic acids is 1. The van der Waals surface area contributed by atoms with Gasteiger partial charge in [0.15, 0.2) is 6.61 Å². The molecule has 6 nitrogen and oxygen atoms in total. The van der Waals surface area contributed by atoms with Gasteiger partial charge in [-0.1, -0.05) is 0 Å². The Morgan fingerprint density at radius 1 is 1.33 bits per heavy atom. The van der Waals surface area contributed by atoms with Gasteiger partial charge in [-0.2, -0.15) is 17.5 Å². The summed E-state index contributed by atoms with van der Waals surface area (Å²) in [6.45, 7) is -0.0877. The highest BCUT2D eigenvalue weighted by Gasteiger charge is 2.44. The Hall–Kier alpha value is -1.81. The highest BCUT2D eigenvalue weighted by molar-refractivity contribution is 7.89. The molecule has 0 spiro atoms. The molecule has 1 atom stereocenters. The summed E-state index contributed by atoms with van der Waals surface area (Å²) in [6, 6.07) is 4.53. The lowest BCUT2D eigenvalue weighted by Gasteiger charge is -2.20. The maximum Gasteiger partial charge on any atom is 0.422 e. The van der Waals surface area contributed by atoms with Crippen molar-refractivity contribution in [3.05, 3.63) is 24.3 Å². The second-order valence-corrected chi connectivity index (χ2v) is 7.77. The van der Waals surface area contributed by atoms with Crippen LogP contribution < -0.4 is 4.74 Å². The first-order chi connectivity index (χ1) is 10.9. The fraction of sp³-hybridized carbons (Fsp3) is 0.500. The summed E-state index contributed by atoms with van der Waals surface area (Å²) in [5, 5.41) is 9.16. The smallest absolute Gasteiger partial charge is 0.422 e. The quantitative estimate of drug-likeness (QED) is 0.862. The number of benzene rings is 1. The van der Waals surface area contributed by atoms with Crippen molar-refractivity contribution >= 4 is 16.0 Å². The van der Waals surface area contributed by atoms with Gasteiger partial charge >= 0.3 is 12.1 Å². The zero-order valence-corrected chi connectivity index (χ0v) is 13.5. The van der Waals surface area contributed by atoms with Crippen LogP contribution >= 0.6 is 0 Å². The maximum atomic E-state index is 12.5. The van der Waals surface area contributed by atoms with Crippen LogP contribution in [0.2, 0.25) is 0 Å². The number of carbonyl (C=O) groups is 1. The topological polar surface area (TPSA) is 83.9 Å². The van der Waals surface area contributed by atoms with Crippen molar-refractivity contribution in [1.29, 1.82) is 0 Å². The first-order valence-corrected chi connectivity index (χ1v) is 8.41. The normalized spacial score (nSPS) is 22.5. The maximum absolute atomic E-state index is 12.5. The number of nitrogens with zero attached hydrogens (tertiary/aromatic N) is 1. The van der Waals surface area contributed by atoms with Gasteiger partial charge in [-0.15, -0.1) is 0 Å². The van der Waals surface area contributed by atoms with Crippen molar-refractivity contribution in [3.8, 4) is 5.75 Å². The number of sulfonamides is 1. The number of halogens is 3. The second kappa shape index (κ2) is 6.25. The number of ether oxygens (including phenoxy) is 1. The zero-order valence-electron chi connectivity index (χ0n) is 12.7. The Balaban J connectivity index is 2.12. The van der Waals surface area contributed by atoms with Gasteiger partial charge in [-0.25, -0.2) is 8.42 Å². The summed E-state index contributed by atoms with van der Waals surface area (Å²) < 4.78 is 66.8. The van der Waals surface area contributed by atoms with E-state index in [0.717, 1.165) is 28.6 Å². The fourth-order valence-corrected chi connectivity index (χ4v) is 3.89. The highest BCUT2D eigenvalue weighted by Crippen LogP contribution is 2.34. The summed E-state index contributed by atoms with van der Waals surface area (Å²) in [6.07, 6.45) is -4.30. The summed E-state index contributed by atoms with van der Waals surface area (Å²) in [7, 11) is -3.91. The number of carboxylic acids is 1. The average Bonchev–Trinajstić information content (AvgIpc) is 2.90. The van der Waals surface area contributed by atoms with E-state index in [1.54, 1.807) is 0 Å². The third kappa shape index (κ3) is 3.99. The molecule has 0 saturated carbocycles. The molecule has 0 radical (unpaired) electrons. The van der Waals surface area contributed by atoms with E-state index in [2.05, 4.69) is 4.74 Å². The first-order valence-electron chi connectivity index (χ1n) is 6.97. The molecule has 0 amide bonds. The molecule has 134 valence electrons. The van der Waals surface area contributed by atoms with Crippen LogP contribution in [0.25, 0.3) is 0 Å². The van der Waals surface area contributed by atoms with E-state index in [4.69, 9.17) is 5.11 Å². The van der Waals surface area contributed by atoms with Gasteiger partial charge < -0.3 is 9.84 Å². The summed E-state index contributed by atoms with van der Waals surface area (Å²) >= 11 is 0. The van der Waals surface area contributed by atoms with Crippen molar-refractivity contribution in [2.45, 2.75) is 24.4 Å². The van der Waals surface area contributed by atoms with Gasteiger partial charge in [0.25, 0.3) is 0 Å². The van der Waals surface area contributed by atoms with Crippen LogP contribution in [-0.4, -0.2) is 49.7 Å². The van der Waals surface area contributed by atoms with Gasteiger partial charge in [0.05, 0.1) is 10.3 Å². The van der Waals surface area contributed by atoms with Crippen LogP contribution in [0.5, 0.6) is 5.75 Å². The molecule has 24 heavy (non-hydrogen) atoms. The fourth-order valence-electron chi connectivity index (χ4n) is 2.32. The minimum atomic E-state index is -4.48. The molecule has 10 heteroatoms. The number of alkyl halides is 3. The zero-order chi connectivity index (χ0) is 18.2. The number of rotatable bonds is 5. The van der Waals surface area contributed by atoms with Crippen LogP contribution in [0.1, 0.15) is 13.3 Å². The Bertz CT molecular complexity index is 717. The van der Waals surface area contributed by atoms with Gasteiger partial charge in [0.2, 0.25) is 10.0 Å². The molecular formula is C14H16F3NO5S. The van der Waals surface area contributed by atoms with E-state index in [0.29, 0.717) is 0 Å². The van der Waals surface area contributed by atoms with E-state index in [-0.39, 0.29) is 30.2 Å². The summed E-state index contributed by atoms with van der Waals surface area (Å²) in [5.74, 6) is -1.18. The molecule has 0 bridgehead atoms. The van der Waals surface area contributed by atoms with Crippen LogP contribution in [0.15, 0.2) is 29.2 Å². The Kier molecular flexibility index (Phi) is 4.82. The Morgan fingerprint density at radius 3 is 2.38 bits per heavy atom. The minimum Gasteiger partial charge on any atom is -0.484 e. The predicted octanol–water partition coefficient (Wildman–Crippen LogP) is 2.11. The molecule has 1 aliphatic heterocycles. The molecule has 1 aromatic rings. The van der Waals surface area contributed by atoms with E-state index in [9.17, 15) is 26.4 Å². The molecule has 0 aliphatic carbocycles. The van der Waals surface area contributed by atoms with Gasteiger partial charge in [-0.3, -0.25) is 4.79 Å². The van der Waals surface area contributed by atoms with Crippen LogP contribution in [0.4, 0.5) is 13.2 Å². The van der Waals surface area contributed by atoms with Crippen molar-refractivity contribution < 1.29 is 36.2 Å². The Labute approximate surface area is 136 Å². The van der Waals surface area contributed by atoms with Crippen molar-refractivity contribution in [2.24, 2.45) is 5.41 Å². The largest absolute Gasteiger partial charge is 0.484 e.